The number of furan rings is 1. The molecular weight excluding hydrogens is 332 g/mol. The van der Waals surface area contributed by atoms with Crippen LogP contribution >= 0.6 is 0 Å². The third-order valence-corrected chi connectivity index (χ3v) is 4.56. The van der Waals surface area contributed by atoms with Gasteiger partial charge in [0.1, 0.15) is 0 Å². The maximum absolute atomic E-state index is 12.3. The molecule has 0 N–H and O–H groups in total. The minimum absolute atomic E-state index is 0.0474. The molecular formula is C19H20N4O3. The predicted octanol–water partition coefficient (Wildman–Crippen LogP) is 2.85. The van der Waals surface area contributed by atoms with E-state index in [2.05, 4.69) is 27.2 Å². The molecule has 0 unspecified atom stereocenters. The van der Waals surface area contributed by atoms with Gasteiger partial charge in [0, 0.05) is 43.9 Å². The van der Waals surface area contributed by atoms with Crippen molar-refractivity contribution < 1.29 is 13.7 Å². The first-order valence-electron chi connectivity index (χ1n) is 8.75. The van der Waals surface area contributed by atoms with E-state index < -0.39 is 0 Å². The molecule has 4 rings (SSSR count). The van der Waals surface area contributed by atoms with E-state index in [9.17, 15) is 4.79 Å². The topological polar surface area (TPSA) is 75.6 Å². The van der Waals surface area contributed by atoms with E-state index in [1.54, 1.807) is 12.1 Å². The summed E-state index contributed by atoms with van der Waals surface area (Å²) in [6, 6.07) is 11.6. The lowest BCUT2D eigenvalue weighted by Crippen LogP contribution is -2.48. The van der Waals surface area contributed by atoms with Crippen molar-refractivity contribution in [3.63, 3.8) is 0 Å². The zero-order chi connectivity index (χ0) is 17.9. The second-order valence-electron chi connectivity index (χ2n) is 6.17. The Morgan fingerprint density at radius 3 is 2.50 bits per heavy atom. The molecule has 7 nitrogen and oxygen atoms in total. The van der Waals surface area contributed by atoms with E-state index in [1.807, 2.05) is 24.0 Å². The zero-order valence-corrected chi connectivity index (χ0v) is 14.6. The second kappa shape index (κ2) is 7.03. The van der Waals surface area contributed by atoms with E-state index >= 15 is 0 Å². The number of nitrogens with zero attached hydrogens (tertiary/aromatic N) is 4. The molecule has 1 aromatic carbocycles. The van der Waals surface area contributed by atoms with Crippen LogP contribution in [-0.2, 0) is 6.42 Å². The van der Waals surface area contributed by atoms with Crippen LogP contribution in [0.1, 0.15) is 23.4 Å². The highest BCUT2D eigenvalue weighted by molar-refractivity contribution is 5.91. The highest BCUT2D eigenvalue weighted by Gasteiger charge is 2.23. The Morgan fingerprint density at radius 1 is 1.12 bits per heavy atom. The van der Waals surface area contributed by atoms with Crippen molar-refractivity contribution in [3.05, 3.63) is 54.3 Å². The van der Waals surface area contributed by atoms with Gasteiger partial charge in [0.05, 0.1) is 6.26 Å². The Bertz CT molecular complexity index is 863. The van der Waals surface area contributed by atoms with E-state index in [1.165, 1.54) is 6.26 Å². The molecule has 134 valence electrons. The summed E-state index contributed by atoms with van der Waals surface area (Å²) in [5, 5.41) is 4.00. The lowest BCUT2D eigenvalue weighted by atomic mass is 10.1. The van der Waals surface area contributed by atoms with Gasteiger partial charge in [-0.2, -0.15) is 4.98 Å². The second-order valence-corrected chi connectivity index (χ2v) is 6.17. The highest BCUT2D eigenvalue weighted by Crippen LogP contribution is 2.22. The molecule has 3 aromatic rings. The van der Waals surface area contributed by atoms with Gasteiger partial charge in [0.15, 0.2) is 5.76 Å². The van der Waals surface area contributed by atoms with Gasteiger partial charge in [-0.15, -0.1) is 0 Å². The summed E-state index contributed by atoms with van der Waals surface area (Å²) in [6.45, 7) is 4.90. The fourth-order valence-corrected chi connectivity index (χ4v) is 3.06. The predicted molar refractivity (Wildman–Crippen MR) is 95.9 cm³/mol. The third kappa shape index (κ3) is 3.20. The molecule has 0 bridgehead atoms. The molecule has 0 radical (unpaired) electrons. The van der Waals surface area contributed by atoms with Crippen molar-refractivity contribution in [1.29, 1.82) is 0 Å². The molecule has 0 atom stereocenters. The molecule has 1 aliphatic heterocycles. The lowest BCUT2D eigenvalue weighted by Gasteiger charge is -2.35. The maximum atomic E-state index is 12.3. The fourth-order valence-electron chi connectivity index (χ4n) is 3.06. The van der Waals surface area contributed by atoms with Crippen molar-refractivity contribution in [1.82, 2.24) is 15.0 Å². The van der Waals surface area contributed by atoms with Gasteiger partial charge < -0.3 is 18.7 Å². The average Bonchev–Trinajstić information content (AvgIpc) is 3.40. The number of anilines is 1. The van der Waals surface area contributed by atoms with Crippen molar-refractivity contribution in [3.8, 4) is 11.4 Å². The summed E-state index contributed by atoms with van der Waals surface area (Å²) < 4.78 is 10.4. The Kier molecular flexibility index (Phi) is 4.43. The van der Waals surface area contributed by atoms with E-state index in [4.69, 9.17) is 8.94 Å². The summed E-state index contributed by atoms with van der Waals surface area (Å²) >= 11 is 0. The van der Waals surface area contributed by atoms with Gasteiger partial charge in [0.2, 0.25) is 11.7 Å². The quantitative estimate of drug-likeness (QED) is 0.719. The summed E-state index contributed by atoms with van der Waals surface area (Å²) in [5.74, 6) is 1.60. The highest BCUT2D eigenvalue weighted by atomic mass is 16.5. The van der Waals surface area contributed by atoms with Gasteiger partial charge >= 0.3 is 0 Å². The number of aromatic nitrogens is 2. The standard InChI is InChI=1S/C19H20N4O3/c1-2-17-20-18(21-26-17)14-5-7-15(8-6-14)22-9-11-23(12-10-22)19(24)16-4-3-13-25-16/h3-8,13H,2,9-12H2,1H3. The molecule has 1 aliphatic rings. The Morgan fingerprint density at radius 2 is 1.88 bits per heavy atom. The first-order chi connectivity index (χ1) is 12.7. The van der Waals surface area contributed by atoms with Crippen LogP contribution in [-0.4, -0.2) is 47.1 Å². The SMILES string of the molecule is CCc1nc(-c2ccc(N3CCN(C(=O)c4ccco4)CC3)cc2)no1. The summed E-state index contributed by atoms with van der Waals surface area (Å²) in [5.41, 5.74) is 2.06. The van der Waals surface area contributed by atoms with Crippen LogP contribution < -0.4 is 4.90 Å². The van der Waals surface area contributed by atoms with Crippen LogP contribution in [0.25, 0.3) is 11.4 Å². The zero-order valence-electron chi connectivity index (χ0n) is 14.6. The largest absolute Gasteiger partial charge is 0.459 e. The molecule has 0 aliphatic carbocycles. The van der Waals surface area contributed by atoms with Crippen molar-refractivity contribution in [2.24, 2.45) is 0 Å². The number of hydrogen-bond acceptors (Lipinski definition) is 6. The first kappa shape index (κ1) is 16.4. The minimum Gasteiger partial charge on any atom is -0.459 e. The van der Waals surface area contributed by atoms with Crippen molar-refractivity contribution in [2.45, 2.75) is 13.3 Å². The monoisotopic (exact) mass is 352 g/mol. The molecule has 0 saturated carbocycles. The summed E-state index contributed by atoms with van der Waals surface area (Å²) in [4.78, 5) is 20.8. The number of carbonyl (C=O) groups is 1. The van der Waals surface area contributed by atoms with Crippen LogP contribution in [0.5, 0.6) is 0 Å². The van der Waals surface area contributed by atoms with Gasteiger partial charge in [-0.3, -0.25) is 4.79 Å². The molecule has 1 amide bonds. The third-order valence-electron chi connectivity index (χ3n) is 4.56. The number of piperazine rings is 1. The van der Waals surface area contributed by atoms with Gasteiger partial charge in [0.25, 0.3) is 5.91 Å². The number of amides is 1. The first-order valence-corrected chi connectivity index (χ1v) is 8.75. The average molecular weight is 352 g/mol. The van der Waals surface area contributed by atoms with Crippen LogP contribution in [0.15, 0.2) is 51.6 Å². The van der Waals surface area contributed by atoms with Gasteiger partial charge in [-0.05, 0) is 36.4 Å². The van der Waals surface area contributed by atoms with E-state index in [0.717, 1.165) is 30.8 Å². The van der Waals surface area contributed by atoms with Gasteiger partial charge in [-0.1, -0.05) is 12.1 Å². The minimum atomic E-state index is -0.0474. The Balaban J connectivity index is 1.39. The summed E-state index contributed by atoms with van der Waals surface area (Å²) in [7, 11) is 0. The number of aryl methyl sites for hydroxylation is 1. The van der Waals surface area contributed by atoms with Crippen LogP contribution in [0.4, 0.5) is 5.69 Å². The van der Waals surface area contributed by atoms with Crippen molar-refractivity contribution in [2.75, 3.05) is 31.1 Å². The number of rotatable bonds is 4. The van der Waals surface area contributed by atoms with Gasteiger partial charge in [-0.25, -0.2) is 0 Å². The molecule has 3 heterocycles. The fraction of sp³-hybridized carbons (Fsp3) is 0.316. The molecule has 1 fully saturated rings. The Hall–Kier alpha value is -3.09. The van der Waals surface area contributed by atoms with Crippen LogP contribution in [0, 0.1) is 0 Å². The molecule has 26 heavy (non-hydrogen) atoms. The molecule has 2 aromatic heterocycles. The maximum Gasteiger partial charge on any atom is 0.289 e. The molecule has 1 saturated heterocycles. The van der Waals surface area contributed by atoms with E-state index in [-0.39, 0.29) is 5.91 Å². The smallest absolute Gasteiger partial charge is 0.289 e. The number of hydrogen-bond donors (Lipinski definition) is 0. The van der Waals surface area contributed by atoms with E-state index in [0.29, 0.717) is 30.6 Å². The number of carbonyl (C=O) groups excluding carboxylic acids is 1. The Labute approximate surface area is 151 Å². The lowest BCUT2D eigenvalue weighted by molar-refractivity contribution is 0.0714. The van der Waals surface area contributed by atoms with Crippen LogP contribution in [0.2, 0.25) is 0 Å². The molecule has 7 heteroatoms. The summed E-state index contributed by atoms with van der Waals surface area (Å²) in [6.07, 6.45) is 2.25. The van der Waals surface area contributed by atoms with Crippen molar-refractivity contribution >= 4 is 11.6 Å². The molecule has 0 spiro atoms. The normalized spacial score (nSPS) is 14.7. The number of benzene rings is 1. The van der Waals surface area contributed by atoms with Crippen LogP contribution in [0.3, 0.4) is 0 Å².